The van der Waals surface area contributed by atoms with Gasteiger partial charge in [0.05, 0.1) is 7.11 Å². The monoisotopic (exact) mass is 192 g/mol. The molecule has 0 atom stereocenters. The van der Waals surface area contributed by atoms with Crippen LogP contribution in [-0.2, 0) is 0 Å². The van der Waals surface area contributed by atoms with Crippen molar-refractivity contribution in [1.29, 1.82) is 0 Å². The third-order valence-electron chi connectivity index (χ3n) is 2.01. The summed E-state index contributed by atoms with van der Waals surface area (Å²) >= 11 is 0. The normalized spacial score (nSPS) is 10.4. The number of aromatic carboxylic acids is 1. The Morgan fingerprint density at radius 3 is 2.93 bits per heavy atom. The lowest BCUT2D eigenvalue weighted by molar-refractivity contribution is 0.0698. The average Bonchev–Trinajstić information content (AvgIpc) is 2.59. The Balaban J connectivity index is 2.65. The van der Waals surface area contributed by atoms with Gasteiger partial charge in [-0.1, -0.05) is 0 Å². The molecule has 0 amide bonds. The summed E-state index contributed by atoms with van der Waals surface area (Å²) in [5.74, 6) is -0.349. The second kappa shape index (κ2) is 3.06. The van der Waals surface area contributed by atoms with Gasteiger partial charge in [-0.25, -0.2) is 4.79 Å². The number of hydrogen-bond donors (Lipinski definition) is 1. The summed E-state index contributed by atoms with van der Waals surface area (Å²) < 4.78 is 10.1. The largest absolute Gasteiger partial charge is 0.497 e. The van der Waals surface area contributed by atoms with Crippen molar-refractivity contribution in [3.8, 4) is 5.75 Å². The van der Waals surface area contributed by atoms with Gasteiger partial charge in [-0.2, -0.15) is 0 Å². The zero-order valence-corrected chi connectivity index (χ0v) is 7.48. The van der Waals surface area contributed by atoms with Crippen molar-refractivity contribution in [2.75, 3.05) is 7.11 Å². The molecule has 0 spiro atoms. The number of furan rings is 1. The third kappa shape index (κ3) is 1.21. The lowest BCUT2D eigenvalue weighted by Crippen LogP contribution is -1.93. The van der Waals surface area contributed by atoms with Crippen LogP contribution in [0.25, 0.3) is 11.0 Å². The maximum atomic E-state index is 10.7. The van der Waals surface area contributed by atoms with Gasteiger partial charge in [0.25, 0.3) is 0 Å². The van der Waals surface area contributed by atoms with Crippen LogP contribution in [0.1, 0.15) is 10.4 Å². The second-order valence-electron chi connectivity index (χ2n) is 2.82. The summed E-state index contributed by atoms with van der Waals surface area (Å²) in [5.41, 5.74) is 0.685. The van der Waals surface area contributed by atoms with E-state index in [2.05, 4.69) is 0 Å². The summed E-state index contributed by atoms with van der Waals surface area (Å²) in [6.45, 7) is 0. The van der Waals surface area contributed by atoms with Crippen molar-refractivity contribution in [2.24, 2.45) is 0 Å². The van der Waals surface area contributed by atoms with E-state index in [1.54, 1.807) is 25.3 Å². The van der Waals surface area contributed by atoms with E-state index in [-0.39, 0.29) is 5.56 Å². The van der Waals surface area contributed by atoms with E-state index in [0.29, 0.717) is 16.7 Å². The zero-order valence-electron chi connectivity index (χ0n) is 7.48. The Morgan fingerprint density at radius 2 is 2.29 bits per heavy atom. The van der Waals surface area contributed by atoms with Gasteiger partial charge in [0.2, 0.25) is 0 Å². The number of rotatable bonds is 2. The van der Waals surface area contributed by atoms with Crippen molar-refractivity contribution in [3.05, 3.63) is 30.0 Å². The molecule has 72 valence electrons. The fourth-order valence-electron chi connectivity index (χ4n) is 1.30. The molecule has 0 saturated heterocycles. The molecular formula is C10H8O4. The molecule has 0 aliphatic rings. The van der Waals surface area contributed by atoms with Gasteiger partial charge in [0.15, 0.2) is 0 Å². The molecule has 0 aliphatic heterocycles. The van der Waals surface area contributed by atoms with Gasteiger partial charge in [-0.05, 0) is 12.1 Å². The molecule has 1 N–H and O–H groups in total. The summed E-state index contributed by atoms with van der Waals surface area (Å²) in [4.78, 5) is 10.7. The van der Waals surface area contributed by atoms with Crippen molar-refractivity contribution in [3.63, 3.8) is 0 Å². The first-order valence-corrected chi connectivity index (χ1v) is 4.01. The molecule has 4 nitrogen and oxygen atoms in total. The SMILES string of the molecule is COc1ccc2c(C(=O)O)coc2c1. The smallest absolute Gasteiger partial charge is 0.339 e. The lowest BCUT2D eigenvalue weighted by atomic mass is 10.2. The highest BCUT2D eigenvalue weighted by molar-refractivity contribution is 6.02. The number of carboxylic acids is 1. The van der Waals surface area contributed by atoms with Crippen molar-refractivity contribution >= 4 is 16.9 Å². The number of ether oxygens (including phenoxy) is 1. The highest BCUT2D eigenvalue weighted by Crippen LogP contribution is 2.25. The van der Waals surface area contributed by atoms with Crippen LogP contribution in [0.15, 0.2) is 28.9 Å². The minimum atomic E-state index is -0.992. The van der Waals surface area contributed by atoms with E-state index >= 15 is 0 Å². The fourth-order valence-corrected chi connectivity index (χ4v) is 1.30. The van der Waals surface area contributed by atoms with Crippen LogP contribution in [0.2, 0.25) is 0 Å². The van der Waals surface area contributed by atoms with E-state index in [0.717, 1.165) is 0 Å². The second-order valence-corrected chi connectivity index (χ2v) is 2.82. The summed E-state index contributed by atoms with van der Waals surface area (Å²) in [7, 11) is 1.54. The van der Waals surface area contributed by atoms with Crippen molar-refractivity contribution in [1.82, 2.24) is 0 Å². The van der Waals surface area contributed by atoms with Gasteiger partial charge in [0.1, 0.15) is 23.2 Å². The Morgan fingerprint density at radius 1 is 1.50 bits per heavy atom. The molecular weight excluding hydrogens is 184 g/mol. The molecule has 2 aromatic rings. The molecule has 1 aromatic carbocycles. The lowest BCUT2D eigenvalue weighted by Gasteiger charge is -1.97. The molecule has 14 heavy (non-hydrogen) atoms. The van der Waals surface area contributed by atoms with Crippen molar-refractivity contribution < 1.29 is 19.1 Å². The maximum absolute atomic E-state index is 10.7. The summed E-state index contributed by atoms with van der Waals surface area (Å²) in [6.07, 6.45) is 1.23. The van der Waals surface area contributed by atoms with Crippen LogP contribution < -0.4 is 4.74 Å². The van der Waals surface area contributed by atoms with Gasteiger partial charge >= 0.3 is 5.97 Å². The van der Waals surface area contributed by atoms with Gasteiger partial charge in [-0.15, -0.1) is 0 Å². The van der Waals surface area contributed by atoms with Crippen LogP contribution in [0, 0.1) is 0 Å². The van der Waals surface area contributed by atoms with Gasteiger partial charge in [0, 0.05) is 11.5 Å². The highest BCUT2D eigenvalue weighted by atomic mass is 16.5. The molecule has 1 heterocycles. The molecule has 0 fully saturated rings. The zero-order chi connectivity index (χ0) is 10.1. The molecule has 2 rings (SSSR count). The number of carbonyl (C=O) groups is 1. The maximum Gasteiger partial charge on any atom is 0.339 e. The first kappa shape index (κ1) is 8.62. The standard InChI is InChI=1S/C10H8O4/c1-13-6-2-3-7-8(10(11)12)5-14-9(7)4-6/h2-5H,1H3,(H,11,12). The van der Waals surface area contributed by atoms with Gasteiger partial charge < -0.3 is 14.3 Å². The minimum absolute atomic E-state index is 0.169. The summed E-state index contributed by atoms with van der Waals surface area (Å²) in [6, 6.07) is 5.02. The van der Waals surface area contributed by atoms with Crippen LogP contribution in [0.5, 0.6) is 5.75 Å². The van der Waals surface area contributed by atoms with Crippen LogP contribution in [-0.4, -0.2) is 18.2 Å². The van der Waals surface area contributed by atoms with E-state index < -0.39 is 5.97 Å². The number of hydrogen-bond acceptors (Lipinski definition) is 3. The summed E-state index contributed by atoms with van der Waals surface area (Å²) in [5, 5.41) is 9.39. The van der Waals surface area contributed by atoms with E-state index in [4.69, 9.17) is 14.3 Å². The van der Waals surface area contributed by atoms with Crippen LogP contribution >= 0.6 is 0 Å². The van der Waals surface area contributed by atoms with E-state index in [9.17, 15) is 4.79 Å². The molecule has 0 radical (unpaired) electrons. The Labute approximate surface area is 79.7 Å². The highest BCUT2D eigenvalue weighted by Gasteiger charge is 2.12. The number of benzene rings is 1. The van der Waals surface area contributed by atoms with Crippen LogP contribution in [0.3, 0.4) is 0 Å². The first-order chi connectivity index (χ1) is 6.72. The molecule has 1 aromatic heterocycles. The molecule has 0 bridgehead atoms. The third-order valence-corrected chi connectivity index (χ3v) is 2.01. The molecule has 0 saturated carbocycles. The van der Waals surface area contributed by atoms with Gasteiger partial charge in [-0.3, -0.25) is 0 Å². The minimum Gasteiger partial charge on any atom is -0.497 e. The first-order valence-electron chi connectivity index (χ1n) is 4.01. The van der Waals surface area contributed by atoms with E-state index in [1.165, 1.54) is 6.26 Å². The number of carboxylic acid groups (broad SMARTS) is 1. The average molecular weight is 192 g/mol. The molecule has 0 unspecified atom stereocenters. The number of methoxy groups -OCH3 is 1. The van der Waals surface area contributed by atoms with Crippen molar-refractivity contribution in [2.45, 2.75) is 0 Å². The predicted molar refractivity (Wildman–Crippen MR) is 49.7 cm³/mol. The molecule has 0 aliphatic carbocycles. The Kier molecular flexibility index (Phi) is 1.89. The fraction of sp³-hybridized carbons (Fsp3) is 0.100. The Bertz CT molecular complexity index is 484. The topological polar surface area (TPSA) is 59.7 Å². The molecule has 4 heteroatoms. The van der Waals surface area contributed by atoms with Crippen LogP contribution in [0.4, 0.5) is 0 Å². The number of fused-ring (bicyclic) bond motifs is 1. The predicted octanol–water partition coefficient (Wildman–Crippen LogP) is 2.14. The van der Waals surface area contributed by atoms with E-state index in [1.807, 2.05) is 0 Å². The quantitative estimate of drug-likeness (QED) is 0.791. The Hall–Kier alpha value is -1.97.